The molecule has 0 atom stereocenters. The number of carbonyl (C=O) groups excluding carboxylic acids is 1. The van der Waals surface area contributed by atoms with Crippen molar-refractivity contribution in [1.82, 2.24) is 5.32 Å². The second kappa shape index (κ2) is 6.40. The number of rotatable bonds is 3. The smallest absolute Gasteiger partial charge is 0.240 e. The lowest BCUT2D eigenvalue weighted by molar-refractivity contribution is -0.117. The molecule has 3 nitrogen and oxygen atoms in total. The Labute approximate surface area is 121 Å². The van der Waals surface area contributed by atoms with E-state index in [9.17, 15) is 4.79 Å². The van der Waals surface area contributed by atoms with Crippen LogP contribution in [0.15, 0.2) is 24.3 Å². The Morgan fingerprint density at radius 2 is 1.90 bits per heavy atom. The second-order valence-electron chi connectivity index (χ2n) is 5.99. The number of carbonyl (C=O) groups is 1. The SMILES string of the molecule is O=C(CNC1CCCCCC1)N1CCc2ccccc21. The van der Waals surface area contributed by atoms with E-state index in [1.54, 1.807) is 0 Å². The van der Waals surface area contributed by atoms with Crippen LogP contribution in [-0.4, -0.2) is 25.0 Å². The van der Waals surface area contributed by atoms with E-state index in [1.165, 1.54) is 44.1 Å². The van der Waals surface area contributed by atoms with Crippen LogP contribution in [0.2, 0.25) is 0 Å². The first-order chi connectivity index (χ1) is 9.84. The topological polar surface area (TPSA) is 32.3 Å². The second-order valence-corrected chi connectivity index (χ2v) is 5.99. The number of anilines is 1. The monoisotopic (exact) mass is 272 g/mol. The molecule has 1 fully saturated rings. The van der Waals surface area contributed by atoms with Crippen molar-refractivity contribution < 1.29 is 4.79 Å². The molecule has 108 valence electrons. The molecule has 0 saturated heterocycles. The largest absolute Gasteiger partial charge is 0.311 e. The lowest BCUT2D eigenvalue weighted by Gasteiger charge is -2.21. The summed E-state index contributed by atoms with van der Waals surface area (Å²) in [5.74, 6) is 0.221. The van der Waals surface area contributed by atoms with Crippen LogP contribution in [0.3, 0.4) is 0 Å². The zero-order chi connectivity index (χ0) is 13.8. The van der Waals surface area contributed by atoms with Crippen LogP contribution in [-0.2, 0) is 11.2 Å². The first-order valence-electron chi connectivity index (χ1n) is 7.96. The number of hydrogen-bond acceptors (Lipinski definition) is 2. The molecule has 20 heavy (non-hydrogen) atoms. The summed E-state index contributed by atoms with van der Waals surface area (Å²) in [6.07, 6.45) is 8.76. The van der Waals surface area contributed by atoms with Gasteiger partial charge in [-0.1, -0.05) is 43.9 Å². The Balaban J connectivity index is 1.55. The Morgan fingerprint density at radius 1 is 1.15 bits per heavy atom. The third kappa shape index (κ3) is 3.04. The summed E-state index contributed by atoms with van der Waals surface area (Å²) in [6, 6.07) is 8.80. The van der Waals surface area contributed by atoms with E-state index in [1.807, 2.05) is 11.0 Å². The quantitative estimate of drug-likeness (QED) is 0.858. The van der Waals surface area contributed by atoms with E-state index in [2.05, 4.69) is 23.5 Å². The van der Waals surface area contributed by atoms with Gasteiger partial charge >= 0.3 is 0 Å². The van der Waals surface area contributed by atoms with Crippen LogP contribution in [0.1, 0.15) is 44.1 Å². The molecule has 2 aliphatic rings. The fourth-order valence-corrected chi connectivity index (χ4v) is 3.41. The van der Waals surface area contributed by atoms with Crippen LogP contribution in [0.4, 0.5) is 5.69 Å². The van der Waals surface area contributed by atoms with Crippen molar-refractivity contribution in [3.63, 3.8) is 0 Å². The summed E-state index contributed by atoms with van der Waals surface area (Å²) in [5, 5.41) is 3.48. The lowest BCUT2D eigenvalue weighted by Crippen LogP contribution is -2.41. The van der Waals surface area contributed by atoms with E-state index < -0.39 is 0 Å². The standard InChI is InChI=1S/C17H24N2O/c20-17(13-18-15-8-3-1-2-4-9-15)19-12-11-14-7-5-6-10-16(14)19/h5-7,10,15,18H,1-4,8-9,11-13H2. The summed E-state index contributed by atoms with van der Waals surface area (Å²) in [7, 11) is 0. The number of nitrogens with one attached hydrogen (secondary N) is 1. The average Bonchev–Trinajstić information content (AvgIpc) is 2.73. The summed E-state index contributed by atoms with van der Waals surface area (Å²) < 4.78 is 0. The van der Waals surface area contributed by atoms with E-state index in [0.29, 0.717) is 12.6 Å². The van der Waals surface area contributed by atoms with E-state index >= 15 is 0 Å². The zero-order valence-corrected chi connectivity index (χ0v) is 12.1. The number of nitrogens with zero attached hydrogens (tertiary/aromatic N) is 1. The van der Waals surface area contributed by atoms with Gasteiger partial charge in [-0.15, -0.1) is 0 Å². The van der Waals surface area contributed by atoms with Crippen molar-refractivity contribution in [1.29, 1.82) is 0 Å². The van der Waals surface area contributed by atoms with Gasteiger partial charge in [0.25, 0.3) is 0 Å². The zero-order valence-electron chi connectivity index (χ0n) is 12.1. The highest BCUT2D eigenvalue weighted by atomic mass is 16.2. The number of fused-ring (bicyclic) bond motifs is 1. The molecule has 1 aromatic rings. The summed E-state index contributed by atoms with van der Waals surface area (Å²) >= 11 is 0. The van der Waals surface area contributed by atoms with Crippen molar-refractivity contribution in [2.24, 2.45) is 0 Å². The van der Waals surface area contributed by atoms with Gasteiger partial charge in [0.05, 0.1) is 6.54 Å². The molecule has 0 radical (unpaired) electrons. The van der Waals surface area contributed by atoms with Crippen LogP contribution in [0.5, 0.6) is 0 Å². The molecule has 0 spiro atoms. The van der Waals surface area contributed by atoms with Gasteiger partial charge in [0.1, 0.15) is 0 Å². The van der Waals surface area contributed by atoms with Crippen molar-refractivity contribution in [2.45, 2.75) is 51.0 Å². The third-order valence-electron chi connectivity index (χ3n) is 4.59. The molecule has 3 heteroatoms. The molecule has 3 rings (SSSR count). The van der Waals surface area contributed by atoms with Gasteiger partial charge in [0.15, 0.2) is 0 Å². The van der Waals surface area contributed by atoms with Gasteiger partial charge in [-0.05, 0) is 30.9 Å². The predicted octanol–water partition coefficient (Wildman–Crippen LogP) is 2.89. The molecular formula is C17H24N2O. The molecule has 0 unspecified atom stereocenters. The number of para-hydroxylation sites is 1. The molecule has 1 aliphatic heterocycles. The highest BCUT2D eigenvalue weighted by molar-refractivity contribution is 5.96. The molecule has 0 aromatic heterocycles. The highest BCUT2D eigenvalue weighted by Crippen LogP contribution is 2.27. The maximum atomic E-state index is 12.4. The minimum absolute atomic E-state index is 0.221. The van der Waals surface area contributed by atoms with Gasteiger partial charge in [-0.3, -0.25) is 4.79 Å². The molecule has 1 aliphatic carbocycles. The van der Waals surface area contributed by atoms with Gasteiger partial charge < -0.3 is 10.2 Å². The Hall–Kier alpha value is -1.35. The van der Waals surface area contributed by atoms with Crippen molar-refractivity contribution in [3.8, 4) is 0 Å². The van der Waals surface area contributed by atoms with Crippen molar-refractivity contribution in [2.75, 3.05) is 18.0 Å². The first-order valence-corrected chi connectivity index (χ1v) is 7.96. The lowest BCUT2D eigenvalue weighted by atomic mass is 10.1. The summed E-state index contributed by atoms with van der Waals surface area (Å²) in [4.78, 5) is 14.3. The van der Waals surface area contributed by atoms with Crippen LogP contribution in [0.25, 0.3) is 0 Å². The minimum Gasteiger partial charge on any atom is -0.311 e. The summed E-state index contributed by atoms with van der Waals surface area (Å²) in [6.45, 7) is 1.32. The Morgan fingerprint density at radius 3 is 2.70 bits per heavy atom. The third-order valence-corrected chi connectivity index (χ3v) is 4.59. The van der Waals surface area contributed by atoms with Crippen LogP contribution in [0, 0.1) is 0 Å². The van der Waals surface area contributed by atoms with Crippen LogP contribution < -0.4 is 10.2 Å². The van der Waals surface area contributed by atoms with Gasteiger partial charge in [0.2, 0.25) is 5.91 Å². The van der Waals surface area contributed by atoms with Crippen LogP contribution >= 0.6 is 0 Å². The predicted molar refractivity (Wildman–Crippen MR) is 82.0 cm³/mol. The van der Waals surface area contributed by atoms with Crippen molar-refractivity contribution in [3.05, 3.63) is 29.8 Å². The van der Waals surface area contributed by atoms with E-state index in [4.69, 9.17) is 0 Å². The average molecular weight is 272 g/mol. The van der Waals surface area contributed by atoms with Crippen molar-refractivity contribution >= 4 is 11.6 Å². The van der Waals surface area contributed by atoms with Gasteiger partial charge in [-0.25, -0.2) is 0 Å². The minimum atomic E-state index is 0.221. The molecule has 1 saturated carbocycles. The Kier molecular flexibility index (Phi) is 4.36. The molecule has 1 aromatic carbocycles. The fourth-order valence-electron chi connectivity index (χ4n) is 3.41. The molecular weight excluding hydrogens is 248 g/mol. The number of hydrogen-bond donors (Lipinski definition) is 1. The van der Waals surface area contributed by atoms with Gasteiger partial charge in [0, 0.05) is 18.3 Å². The number of amides is 1. The first kappa shape index (κ1) is 13.6. The number of benzene rings is 1. The maximum absolute atomic E-state index is 12.4. The Bertz CT molecular complexity index is 464. The molecule has 1 amide bonds. The summed E-state index contributed by atoms with van der Waals surface area (Å²) in [5.41, 5.74) is 2.41. The van der Waals surface area contributed by atoms with E-state index in [-0.39, 0.29) is 5.91 Å². The molecule has 1 heterocycles. The van der Waals surface area contributed by atoms with E-state index in [0.717, 1.165) is 18.7 Å². The maximum Gasteiger partial charge on any atom is 0.240 e. The van der Waals surface area contributed by atoms with Gasteiger partial charge in [-0.2, -0.15) is 0 Å². The molecule has 0 bridgehead atoms. The molecule has 1 N–H and O–H groups in total. The highest BCUT2D eigenvalue weighted by Gasteiger charge is 2.24. The fraction of sp³-hybridized carbons (Fsp3) is 0.588. The normalized spacial score (nSPS) is 19.7.